The second-order valence-corrected chi connectivity index (χ2v) is 3.27. The highest BCUT2D eigenvalue weighted by Gasteiger charge is 2.17. The fourth-order valence-electron chi connectivity index (χ4n) is 1.17. The largest absolute Gasteiger partial charge is 0.382 e. The van der Waals surface area contributed by atoms with Gasteiger partial charge in [0, 0.05) is 19.8 Å². The fourth-order valence-corrected chi connectivity index (χ4v) is 1.17. The molecule has 0 saturated carbocycles. The molecule has 1 atom stereocenters. The van der Waals surface area contributed by atoms with Crippen LogP contribution < -0.4 is 5.73 Å². The van der Waals surface area contributed by atoms with Crippen molar-refractivity contribution in [3.63, 3.8) is 0 Å². The number of hydrogen-bond acceptors (Lipinski definition) is 4. The molecule has 1 aromatic rings. The van der Waals surface area contributed by atoms with Crippen molar-refractivity contribution >= 4 is 5.91 Å². The summed E-state index contributed by atoms with van der Waals surface area (Å²) in [5, 5.41) is 9.24. The van der Waals surface area contributed by atoms with Crippen LogP contribution in [0.3, 0.4) is 0 Å². The molecule has 0 saturated heterocycles. The zero-order valence-corrected chi connectivity index (χ0v) is 8.63. The normalized spacial score (nSPS) is 12.2. The van der Waals surface area contributed by atoms with Gasteiger partial charge in [-0.25, -0.2) is 0 Å². The third kappa shape index (κ3) is 3.30. The minimum absolute atomic E-state index is 0.0641. The second-order valence-electron chi connectivity index (χ2n) is 3.27. The Morgan fingerprint density at radius 1 is 1.67 bits per heavy atom. The summed E-state index contributed by atoms with van der Waals surface area (Å²) >= 11 is 0. The van der Waals surface area contributed by atoms with E-state index >= 15 is 0 Å². The first-order valence-corrected chi connectivity index (χ1v) is 4.68. The molecule has 0 aliphatic heterocycles. The lowest BCUT2D eigenvalue weighted by atomic mass is 10.3. The summed E-state index contributed by atoms with van der Waals surface area (Å²) in [6, 6.07) is 5.47. The van der Waals surface area contributed by atoms with E-state index < -0.39 is 6.10 Å². The van der Waals surface area contributed by atoms with Crippen molar-refractivity contribution in [2.75, 3.05) is 13.6 Å². The summed E-state index contributed by atoms with van der Waals surface area (Å²) < 4.78 is 0. The standard InChI is InChI=1S/C10H15N3O2/c1-13(10(15)9(14)6-11)7-8-4-2-3-5-12-8/h2-5,9,14H,6-7,11H2,1H3. The van der Waals surface area contributed by atoms with Crippen molar-refractivity contribution < 1.29 is 9.90 Å². The molecule has 0 bridgehead atoms. The van der Waals surface area contributed by atoms with E-state index in [4.69, 9.17) is 5.73 Å². The summed E-state index contributed by atoms with van der Waals surface area (Å²) in [6.45, 7) is 0.308. The Balaban J connectivity index is 2.56. The maximum absolute atomic E-state index is 11.4. The molecule has 1 rings (SSSR count). The van der Waals surface area contributed by atoms with Gasteiger partial charge >= 0.3 is 0 Å². The van der Waals surface area contributed by atoms with Crippen LogP contribution in [0.4, 0.5) is 0 Å². The molecule has 5 nitrogen and oxygen atoms in total. The van der Waals surface area contributed by atoms with Crippen LogP contribution in [0.2, 0.25) is 0 Å². The highest BCUT2D eigenvalue weighted by atomic mass is 16.3. The third-order valence-corrected chi connectivity index (χ3v) is 2.01. The van der Waals surface area contributed by atoms with Gasteiger partial charge in [0.25, 0.3) is 5.91 Å². The molecule has 1 unspecified atom stereocenters. The number of carbonyl (C=O) groups is 1. The summed E-state index contributed by atoms with van der Waals surface area (Å²) in [7, 11) is 1.61. The number of nitrogens with two attached hydrogens (primary N) is 1. The van der Waals surface area contributed by atoms with Gasteiger partial charge in [0.2, 0.25) is 0 Å². The van der Waals surface area contributed by atoms with Crippen LogP contribution in [0.15, 0.2) is 24.4 Å². The topological polar surface area (TPSA) is 79.5 Å². The lowest BCUT2D eigenvalue weighted by Gasteiger charge is -2.19. The average molecular weight is 209 g/mol. The van der Waals surface area contributed by atoms with Crippen molar-refractivity contribution in [3.05, 3.63) is 30.1 Å². The lowest BCUT2D eigenvalue weighted by molar-refractivity contribution is -0.138. The maximum Gasteiger partial charge on any atom is 0.252 e. The molecular formula is C10H15N3O2. The molecule has 0 aliphatic rings. The van der Waals surface area contributed by atoms with Gasteiger partial charge in [0.05, 0.1) is 12.2 Å². The van der Waals surface area contributed by atoms with Crippen molar-refractivity contribution in [1.29, 1.82) is 0 Å². The SMILES string of the molecule is CN(Cc1ccccn1)C(=O)C(O)CN. The molecular weight excluding hydrogens is 194 g/mol. The summed E-state index contributed by atoms with van der Waals surface area (Å²) in [6.07, 6.45) is 0.534. The molecule has 15 heavy (non-hydrogen) atoms. The number of pyridine rings is 1. The zero-order chi connectivity index (χ0) is 11.3. The molecule has 1 amide bonds. The molecule has 0 fully saturated rings. The molecule has 1 aromatic heterocycles. The van der Waals surface area contributed by atoms with E-state index in [2.05, 4.69) is 4.98 Å². The van der Waals surface area contributed by atoms with Crippen LogP contribution in [-0.4, -0.2) is 40.6 Å². The highest BCUT2D eigenvalue weighted by Crippen LogP contribution is 2.00. The fraction of sp³-hybridized carbons (Fsp3) is 0.400. The van der Waals surface area contributed by atoms with Crippen LogP contribution in [0, 0.1) is 0 Å². The molecule has 1 heterocycles. The first-order valence-electron chi connectivity index (χ1n) is 4.68. The van der Waals surface area contributed by atoms with Gasteiger partial charge < -0.3 is 15.7 Å². The van der Waals surface area contributed by atoms with Crippen LogP contribution in [-0.2, 0) is 11.3 Å². The van der Waals surface area contributed by atoms with Crippen LogP contribution in [0.5, 0.6) is 0 Å². The number of rotatable bonds is 4. The number of aliphatic hydroxyl groups is 1. The molecule has 0 spiro atoms. The van der Waals surface area contributed by atoms with Gasteiger partial charge in [0.1, 0.15) is 6.10 Å². The Morgan fingerprint density at radius 2 is 2.40 bits per heavy atom. The van der Waals surface area contributed by atoms with Crippen LogP contribution in [0.25, 0.3) is 0 Å². The smallest absolute Gasteiger partial charge is 0.252 e. The van der Waals surface area contributed by atoms with Crippen molar-refractivity contribution in [2.45, 2.75) is 12.6 Å². The Bertz CT molecular complexity index is 316. The van der Waals surface area contributed by atoms with E-state index in [0.29, 0.717) is 6.54 Å². The number of hydrogen-bond donors (Lipinski definition) is 2. The van der Waals surface area contributed by atoms with Crippen LogP contribution >= 0.6 is 0 Å². The molecule has 0 radical (unpaired) electrons. The van der Waals surface area contributed by atoms with Gasteiger partial charge in [-0.3, -0.25) is 9.78 Å². The molecule has 0 aromatic carbocycles. The molecule has 82 valence electrons. The average Bonchev–Trinajstić information content (AvgIpc) is 2.28. The predicted molar refractivity (Wildman–Crippen MR) is 55.8 cm³/mol. The maximum atomic E-state index is 11.4. The number of carbonyl (C=O) groups excluding carboxylic acids is 1. The number of likely N-dealkylation sites (N-methyl/N-ethyl adjacent to an activating group) is 1. The quantitative estimate of drug-likeness (QED) is 0.691. The molecule has 0 aliphatic carbocycles. The van der Waals surface area contributed by atoms with Gasteiger partial charge in [0.15, 0.2) is 0 Å². The zero-order valence-electron chi connectivity index (χ0n) is 8.63. The van der Waals surface area contributed by atoms with Crippen molar-refractivity contribution in [1.82, 2.24) is 9.88 Å². The predicted octanol–water partition coefficient (Wildman–Crippen LogP) is -0.640. The minimum atomic E-state index is -1.13. The Hall–Kier alpha value is -1.46. The van der Waals surface area contributed by atoms with E-state index in [0.717, 1.165) is 5.69 Å². The first kappa shape index (κ1) is 11.6. The van der Waals surface area contributed by atoms with E-state index in [1.165, 1.54) is 4.90 Å². The van der Waals surface area contributed by atoms with Gasteiger partial charge in [-0.05, 0) is 12.1 Å². The lowest BCUT2D eigenvalue weighted by Crippen LogP contribution is -2.40. The van der Waals surface area contributed by atoms with Crippen molar-refractivity contribution in [3.8, 4) is 0 Å². The van der Waals surface area contributed by atoms with E-state index in [-0.39, 0.29) is 12.5 Å². The second kappa shape index (κ2) is 5.43. The number of aliphatic hydroxyl groups excluding tert-OH is 1. The van der Waals surface area contributed by atoms with Gasteiger partial charge in [-0.15, -0.1) is 0 Å². The van der Waals surface area contributed by atoms with Crippen LogP contribution in [0.1, 0.15) is 5.69 Å². The number of aromatic nitrogens is 1. The number of nitrogens with zero attached hydrogens (tertiary/aromatic N) is 2. The van der Waals surface area contributed by atoms with Crippen molar-refractivity contribution in [2.24, 2.45) is 5.73 Å². The minimum Gasteiger partial charge on any atom is -0.382 e. The summed E-state index contributed by atoms with van der Waals surface area (Å²) in [5.41, 5.74) is 5.97. The summed E-state index contributed by atoms with van der Waals surface area (Å²) in [5.74, 6) is -0.386. The highest BCUT2D eigenvalue weighted by molar-refractivity contribution is 5.80. The Morgan fingerprint density at radius 3 is 2.93 bits per heavy atom. The van der Waals surface area contributed by atoms with E-state index in [9.17, 15) is 9.90 Å². The monoisotopic (exact) mass is 209 g/mol. The molecule has 3 N–H and O–H groups in total. The number of amides is 1. The van der Waals surface area contributed by atoms with E-state index in [1.807, 2.05) is 12.1 Å². The van der Waals surface area contributed by atoms with E-state index in [1.54, 1.807) is 19.3 Å². The summed E-state index contributed by atoms with van der Waals surface area (Å²) in [4.78, 5) is 16.9. The van der Waals surface area contributed by atoms with Gasteiger partial charge in [-0.2, -0.15) is 0 Å². The Kier molecular flexibility index (Phi) is 4.20. The van der Waals surface area contributed by atoms with Gasteiger partial charge in [-0.1, -0.05) is 6.07 Å². The Labute approximate surface area is 88.5 Å². The molecule has 5 heteroatoms. The first-order chi connectivity index (χ1) is 7.15. The third-order valence-electron chi connectivity index (χ3n) is 2.01.